The van der Waals surface area contributed by atoms with Crippen LogP contribution in [-0.2, 0) is 19.2 Å². The van der Waals surface area contributed by atoms with E-state index in [0.29, 0.717) is 5.56 Å². The molecule has 51 heavy (non-hydrogen) atoms. The van der Waals surface area contributed by atoms with Gasteiger partial charge in [0.05, 0.1) is 24.1 Å². The van der Waals surface area contributed by atoms with E-state index in [9.17, 15) is 37.5 Å². The lowest BCUT2D eigenvalue weighted by Gasteiger charge is -2.50. The summed E-state index contributed by atoms with van der Waals surface area (Å²) < 4.78 is 79.0. The molecule has 8 nitrogen and oxygen atoms in total. The third-order valence-electron chi connectivity index (χ3n) is 10.3. The zero-order valence-electron chi connectivity index (χ0n) is 26.4. The number of nitrogens with zero attached hydrogens (tertiary/aromatic N) is 2. The number of alkyl halides is 2. The average Bonchev–Trinajstić information content (AvgIpc) is 3.43. The van der Waals surface area contributed by atoms with Gasteiger partial charge in [0.1, 0.15) is 5.69 Å². The van der Waals surface area contributed by atoms with Gasteiger partial charge in [0.2, 0.25) is 17.6 Å². The summed E-state index contributed by atoms with van der Waals surface area (Å²) in [5.74, 6) is -22.0. The molecule has 4 aliphatic rings. The number of phenols is 1. The van der Waals surface area contributed by atoms with Crippen molar-refractivity contribution < 1.29 is 51.0 Å². The van der Waals surface area contributed by atoms with Crippen LogP contribution in [0.2, 0.25) is 5.02 Å². The molecule has 2 aliphatic carbocycles. The van der Waals surface area contributed by atoms with Crippen molar-refractivity contribution in [1.82, 2.24) is 0 Å². The molecule has 2 heterocycles. The Balaban J connectivity index is 1.44. The van der Waals surface area contributed by atoms with Gasteiger partial charge in [-0.3, -0.25) is 19.2 Å². The number of hydrogen-bond donors (Lipinski definition) is 1. The number of benzene rings is 3. The Morgan fingerprint density at radius 2 is 1.51 bits per heavy atom. The quantitative estimate of drug-likeness (QED) is 0.0735. The summed E-state index contributed by atoms with van der Waals surface area (Å²) in [6.07, 6.45) is 0.867. The molecule has 4 amide bonds. The normalized spacial score (nSPS) is 28.5. The van der Waals surface area contributed by atoms with Crippen LogP contribution in [0.1, 0.15) is 36.8 Å². The number of aromatic hydroxyl groups is 1. The summed E-state index contributed by atoms with van der Waals surface area (Å²) in [7, 11) is 0. The second-order valence-corrected chi connectivity index (χ2v) is 14.4. The summed E-state index contributed by atoms with van der Waals surface area (Å²) >= 11 is 20.6. The number of ether oxygens (including phenoxy) is 1. The molecule has 0 unspecified atom stereocenters. The molecule has 7 rings (SSSR count). The molecule has 1 N–H and O–H groups in total. The first-order valence-corrected chi connectivity index (χ1v) is 16.7. The van der Waals surface area contributed by atoms with Crippen LogP contribution in [0.3, 0.4) is 0 Å². The van der Waals surface area contributed by atoms with Crippen LogP contribution >= 0.6 is 34.8 Å². The topological polar surface area (TPSA) is 104 Å². The number of halogens is 8. The van der Waals surface area contributed by atoms with Crippen molar-refractivity contribution in [3.63, 3.8) is 0 Å². The number of allylic oxidation sites excluding steroid dienone is 2. The van der Waals surface area contributed by atoms with Gasteiger partial charge in [-0.05, 0) is 68.0 Å². The number of imide groups is 2. The molecule has 3 aromatic carbocycles. The second kappa shape index (κ2) is 11.9. The minimum absolute atomic E-state index is 0.0458. The molecule has 6 atom stereocenters. The number of aryl methyl sites for hydroxylation is 1. The summed E-state index contributed by atoms with van der Waals surface area (Å²) in [5.41, 5.74) is -0.673. The molecular formula is C35H24Cl3F5N2O6. The Morgan fingerprint density at radius 1 is 0.863 bits per heavy atom. The summed E-state index contributed by atoms with van der Waals surface area (Å²) in [6, 6.07) is 8.41. The van der Waals surface area contributed by atoms with Gasteiger partial charge >= 0.3 is 0 Å². The predicted molar refractivity (Wildman–Crippen MR) is 174 cm³/mol. The first kappa shape index (κ1) is 35.2. The van der Waals surface area contributed by atoms with E-state index in [-0.39, 0.29) is 51.3 Å². The molecule has 2 aliphatic heterocycles. The number of fused-ring (bicyclic) bond motifs is 4. The maximum atomic E-state index is 15.2. The van der Waals surface area contributed by atoms with Crippen molar-refractivity contribution in [1.29, 1.82) is 0 Å². The van der Waals surface area contributed by atoms with E-state index in [4.69, 9.17) is 39.5 Å². The highest BCUT2D eigenvalue weighted by atomic mass is 35.5. The largest absolute Gasteiger partial charge is 0.504 e. The third-order valence-corrected chi connectivity index (χ3v) is 12.1. The molecule has 16 heteroatoms. The number of carbonyl (C=O) groups is 4. The SMILES string of the molecule is CCOc1cc([C@H]2C3=CC[C@@H]4C(=O)N(c5ccc(C)c(Cl)c5)C(=O)[C@@H]4[C@@H]3C[C@@]3(Cl)C(=O)N(c4c(F)c(F)c(F)c(F)c4F)C(=O)[C@@]23Cl)ccc1O. The Kier molecular flexibility index (Phi) is 8.23. The fourth-order valence-corrected chi connectivity index (χ4v) is 9.01. The smallest absolute Gasteiger partial charge is 0.258 e. The highest BCUT2D eigenvalue weighted by Crippen LogP contribution is 2.66. The third kappa shape index (κ3) is 4.63. The summed E-state index contributed by atoms with van der Waals surface area (Å²) in [6.45, 7) is 3.42. The minimum Gasteiger partial charge on any atom is -0.504 e. The molecule has 0 aromatic heterocycles. The number of phenolic OH excluding ortho intramolecular Hbond substituents is 1. The molecule has 3 fully saturated rings. The van der Waals surface area contributed by atoms with Crippen molar-refractivity contribution in [2.24, 2.45) is 17.8 Å². The van der Waals surface area contributed by atoms with E-state index >= 15 is 8.78 Å². The lowest BCUT2D eigenvalue weighted by molar-refractivity contribution is -0.125. The Morgan fingerprint density at radius 3 is 2.14 bits per heavy atom. The van der Waals surface area contributed by atoms with Crippen LogP contribution in [0.4, 0.5) is 33.3 Å². The van der Waals surface area contributed by atoms with Gasteiger partial charge in [-0.25, -0.2) is 31.8 Å². The standard InChI is InChI=1S/C35H24Cl3F5N2O6/c1-3-51-21-10-14(5-9-20(21)46)23-16-7-8-17-22(31(48)44(30(17)47)15-6-4-13(2)19(36)11-15)18(16)12-34(37)32(49)45(33(50)35(23,34)38)29-27(42)25(40)24(39)26(41)28(29)43/h4-7,9-11,17-18,22-23,46H,3,8,12H2,1-2H3/t17-,18+,22-,23-,34+,35-/m0/s1. The van der Waals surface area contributed by atoms with E-state index in [1.54, 1.807) is 26.0 Å². The maximum Gasteiger partial charge on any atom is 0.258 e. The Hall–Kier alpha value is -4.20. The minimum atomic E-state index is -2.71. The van der Waals surface area contributed by atoms with E-state index in [1.807, 2.05) is 0 Å². The molecule has 0 spiro atoms. The molecule has 0 radical (unpaired) electrons. The fourth-order valence-electron chi connectivity index (χ4n) is 7.90. The van der Waals surface area contributed by atoms with Gasteiger partial charge in [-0.2, -0.15) is 0 Å². The van der Waals surface area contributed by atoms with Crippen LogP contribution in [0.15, 0.2) is 48.0 Å². The first-order chi connectivity index (χ1) is 24.0. The Labute approximate surface area is 301 Å². The molecule has 2 saturated heterocycles. The van der Waals surface area contributed by atoms with Gasteiger partial charge in [0.15, 0.2) is 44.5 Å². The van der Waals surface area contributed by atoms with Crippen LogP contribution in [-0.4, -0.2) is 45.1 Å². The van der Waals surface area contributed by atoms with Crippen molar-refractivity contribution in [3.05, 3.63) is 93.3 Å². The second-order valence-electron chi connectivity index (χ2n) is 12.8. The summed E-state index contributed by atoms with van der Waals surface area (Å²) in [5, 5.41) is 10.8. The molecule has 1 saturated carbocycles. The monoisotopic (exact) mass is 768 g/mol. The van der Waals surface area contributed by atoms with Crippen molar-refractivity contribution >= 4 is 69.8 Å². The van der Waals surface area contributed by atoms with Gasteiger partial charge in [0, 0.05) is 10.9 Å². The van der Waals surface area contributed by atoms with E-state index in [1.165, 1.54) is 30.3 Å². The van der Waals surface area contributed by atoms with Crippen LogP contribution in [0.25, 0.3) is 0 Å². The lowest BCUT2D eigenvalue weighted by Crippen LogP contribution is -2.60. The summed E-state index contributed by atoms with van der Waals surface area (Å²) in [4.78, 5) is 52.2. The predicted octanol–water partition coefficient (Wildman–Crippen LogP) is 7.22. The zero-order valence-corrected chi connectivity index (χ0v) is 28.6. The number of amides is 4. The maximum absolute atomic E-state index is 15.2. The van der Waals surface area contributed by atoms with Gasteiger partial charge in [-0.1, -0.05) is 35.4 Å². The lowest BCUT2D eigenvalue weighted by atomic mass is 9.56. The molecule has 266 valence electrons. The average molecular weight is 770 g/mol. The van der Waals surface area contributed by atoms with Gasteiger partial charge in [-0.15, -0.1) is 23.2 Å². The Bertz CT molecular complexity index is 2120. The van der Waals surface area contributed by atoms with Crippen molar-refractivity contribution in [2.45, 2.75) is 42.4 Å². The molecular weight excluding hydrogens is 746 g/mol. The zero-order chi connectivity index (χ0) is 37.1. The van der Waals surface area contributed by atoms with E-state index < -0.39 is 98.2 Å². The molecule has 0 bridgehead atoms. The van der Waals surface area contributed by atoms with Gasteiger partial charge < -0.3 is 9.84 Å². The number of carbonyl (C=O) groups excluding carboxylic acids is 4. The number of rotatable bonds is 5. The molecule has 3 aromatic rings. The van der Waals surface area contributed by atoms with E-state index in [2.05, 4.69) is 0 Å². The van der Waals surface area contributed by atoms with E-state index in [0.717, 1.165) is 4.90 Å². The number of hydrogen-bond acceptors (Lipinski definition) is 6. The van der Waals surface area contributed by atoms with Crippen LogP contribution < -0.4 is 14.5 Å². The van der Waals surface area contributed by atoms with Crippen LogP contribution in [0.5, 0.6) is 11.5 Å². The highest BCUT2D eigenvalue weighted by molar-refractivity contribution is 6.58. The van der Waals surface area contributed by atoms with Crippen molar-refractivity contribution in [3.8, 4) is 11.5 Å². The van der Waals surface area contributed by atoms with Crippen LogP contribution in [0, 0.1) is 53.8 Å². The van der Waals surface area contributed by atoms with Crippen molar-refractivity contribution in [2.75, 3.05) is 16.4 Å². The first-order valence-electron chi connectivity index (χ1n) is 15.6. The van der Waals surface area contributed by atoms with Gasteiger partial charge in [0.25, 0.3) is 11.8 Å². The number of anilines is 2. The fraction of sp³-hybridized carbons (Fsp3) is 0.314. The highest BCUT2D eigenvalue weighted by Gasteiger charge is 2.77.